The quantitative estimate of drug-likeness (QED) is 0.337. The summed E-state index contributed by atoms with van der Waals surface area (Å²) in [6, 6.07) is 12.7. The van der Waals surface area contributed by atoms with Crippen molar-refractivity contribution in [3.05, 3.63) is 59.7 Å². The number of esters is 1. The van der Waals surface area contributed by atoms with Crippen molar-refractivity contribution in [3.63, 3.8) is 0 Å². The van der Waals surface area contributed by atoms with Crippen LogP contribution >= 0.6 is 0 Å². The third-order valence-electron chi connectivity index (χ3n) is 6.76. The van der Waals surface area contributed by atoms with Crippen molar-refractivity contribution in [2.24, 2.45) is 23.7 Å². The number of anilines is 1. The van der Waals surface area contributed by atoms with Crippen molar-refractivity contribution in [2.75, 3.05) is 4.90 Å². The summed E-state index contributed by atoms with van der Waals surface area (Å²) < 4.78 is 5.34. The first kappa shape index (κ1) is 18.7. The lowest BCUT2D eigenvalue weighted by Crippen LogP contribution is -2.32. The van der Waals surface area contributed by atoms with Gasteiger partial charge in [0, 0.05) is 5.56 Å². The van der Waals surface area contributed by atoms with E-state index in [-0.39, 0.29) is 29.4 Å². The van der Waals surface area contributed by atoms with E-state index in [1.54, 1.807) is 48.5 Å². The highest BCUT2D eigenvalue weighted by atomic mass is 16.5. The molecule has 0 spiro atoms. The number of ketones is 1. The van der Waals surface area contributed by atoms with Crippen LogP contribution in [-0.2, 0) is 9.59 Å². The minimum Gasteiger partial charge on any atom is -0.423 e. The SMILES string of the molecule is CC(=O)c1ccc(OC(=O)c2ccc(N3C(=O)C4C5CCC(C5)C4C3=O)cc2)cc1. The Bertz CT molecular complexity index is 1030. The van der Waals surface area contributed by atoms with Gasteiger partial charge in [0.25, 0.3) is 0 Å². The molecule has 2 saturated carbocycles. The van der Waals surface area contributed by atoms with Gasteiger partial charge in [-0.15, -0.1) is 0 Å². The molecule has 4 atom stereocenters. The maximum absolute atomic E-state index is 12.9. The van der Waals surface area contributed by atoms with Crippen LogP contribution in [0.25, 0.3) is 0 Å². The minimum absolute atomic E-state index is 0.0633. The zero-order valence-corrected chi connectivity index (χ0v) is 16.5. The summed E-state index contributed by atoms with van der Waals surface area (Å²) in [4.78, 5) is 50.9. The molecule has 2 amide bonds. The number of nitrogens with zero attached hydrogens (tertiary/aromatic N) is 1. The Morgan fingerprint density at radius 1 is 0.833 bits per heavy atom. The Morgan fingerprint density at radius 2 is 1.37 bits per heavy atom. The highest BCUT2D eigenvalue weighted by Crippen LogP contribution is 2.56. The molecule has 2 bridgehead atoms. The van der Waals surface area contributed by atoms with Crippen LogP contribution in [0, 0.1) is 23.7 Å². The van der Waals surface area contributed by atoms with Crippen LogP contribution in [0.4, 0.5) is 5.69 Å². The van der Waals surface area contributed by atoms with Gasteiger partial charge in [-0.25, -0.2) is 4.79 Å². The van der Waals surface area contributed by atoms with Gasteiger partial charge in [0.15, 0.2) is 5.78 Å². The molecule has 1 aliphatic heterocycles. The summed E-state index contributed by atoms with van der Waals surface area (Å²) in [6.07, 6.45) is 3.08. The molecule has 2 aromatic rings. The van der Waals surface area contributed by atoms with E-state index in [9.17, 15) is 19.2 Å². The molecule has 5 rings (SSSR count). The molecule has 0 aromatic heterocycles. The van der Waals surface area contributed by atoms with Crippen molar-refractivity contribution in [2.45, 2.75) is 26.2 Å². The largest absolute Gasteiger partial charge is 0.423 e. The van der Waals surface area contributed by atoms with Gasteiger partial charge in [0.05, 0.1) is 23.1 Å². The first-order valence-electron chi connectivity index (χ1n) is 10.2. The predicted octanol–water partition coefficient (Wildman–Crippen LogP) is 3.64. The van der Waals surface area contributed by atoms with Gasteiger partial charge < -0.3 is 4.74 Å². The number of hydrogen-bond donors (Lipinski definition) is 0. The Labute approximate surface area is 173 Å². The van der Waals surface area contributed by atoms with Gasteiger partial charge in [-0.1, -0.05) is 0 Å². The summed E-state index contributed by atoms with van der Waals surface area (Å²) in [5.74, 6) is -0.135. The summed E-state index contributed by atoms with van der Waals surface area (Å²) in [7, 11) is 0. The maximum Gasteiger partial charge on any atom is 0.343 e. The normalized spacial score (nSPS) is 26.8. The molecule has 3 fully saturated rings. The zero-order valence-electron chi connectivity index (χ0n) is 16.5. The monoisotopic (exact) mass is 403 g/mol. The first-order chi connectivity index (χ1) is 14.4. The molecule has 1 saturated heterocycles. The van der Waals surface area contributed by atoms with E-state index in [1.807, 2.05) is 0 Å². The Morgan fingerprint density at radius 3 is 1.90 bits per heavy atom. The fraction of sp³-hybridized carbons (Fsp3) is 0.333. The molecule has 6 heteroatoms. The second-order valence-corrected chi connectivity index (χ2v) is 8.41. The highest BCUT2D eigenvalue weighted by Gasteiger charge is 2.61. The van der Waals surface area contributed by atoms with Crippen molar-refractivity contribution in [1.82, 2.24) is 0 Å². The number of carbonyl (C=O) groups is 4. The lowest BCUT2D eigenvalue weighted by molar-refractivity contribution is -0.123. The molecule has 0 N–H and O–H groups in total. The van der Waals surface area contributed by atoms with Crippen LogP contribution in [0.3, 0.4) is 0 Å². The third-order valence-corrected chi connectivity index (χ3v) is 6.76. The smallest absolute Gasteiger partial charge is 0.343 e. The summed E-state index contributed by atoms with van der Waals surface area (Å²) >= 11 is 0. The number of hydrogen-bond acceptors (Lipinski definition) is 5. The lowest BCUT2D eigenvalue weighted by atomic mass is 9.81. The van der Waals surface area contributed by atoms with Gasteiger partial charge in [-0.2, -0.15) is 0 Å². The average Bonchev–Trinajstić information content (AvgIpc) is 3.42. The van der Waals surface area contributed by atoms with E-state index < -0.39 is 5.97 Å². The van der Waals surface area contributed by atoms with Gasteiger partial charge in [0.1, 0.15) is 5.75 Å². The molecule has 6 nitrogen and oxygen atoms in total. The Kier molecular flexibility index (Phi) is 4.31. The fourth-order valence-electron chi connectivity index (χ4n) is 5.33. The standard InChI is InChI=1S/C24H21NO5/c1-13(26)14-6-10-19(11-7-14)30-24(29)15-4-8-18(9-5-15)25-22(27)20-16-2-3-17(12-16)21(20)23(25)28/h4-11,16-17,20-21H,2-3,12H2,1H3. The number of carbonyl (C=O) groups excluding carboxylic acids is 4. The third kappa shape index (κ3) is 2.86. The van der Waals surface area contributed by atoms with Crippen molar-refractivity contribution < 1.29 is 23.9 Å². The second kappa shape index (κ2) is 6.90. The van der Waals surface area contributed by atoms with E-state index in [0.29, 0.717) is 34.4 Å². The molecule has 0 radical (unpaired) electrons. The van der Waals surface area contributed by atoms with Crippen LogP contribution in [0.2, 0.25) is 0 Å². The van der Waals surface area contributed by atoms with Gasteiger partial charge in [-0.05, 0) is 86.6 Å². The average molecular weight is 403 g/mol. The van der Waals surface area contributed by atoms with E-state index in [4.69, 9.17) is 4.74 Å². The second-order valence-electron chi connectivity index (χ2n) is 8.41. The van der Waals surface area contributed by atoms with E-state index >= 15 is 0 Å². The van der Waals surface area contributed by atoms with Crippen molar-refractivity contribution >= 4 is 29.3 Å². The summed E-state index contributed by atoms with van der Waals surface area (Å²) in [5, 5.41) is 0. The Hall–Kier alpha value is -3.28. The van der Waals surface area contributed by atoms with Gasteiger partial charge in [0.2, 0.25) is 11.8 Å². The number of amides is 2. The van der Waals surface area contributed by atoms with Gasteiger partial charge in [-0.3, -0.25) is 19.3 Å². The van der Waals surface area contributed by atoms with Crippen LogP contribution in [0.5, 0.6) is 5.75 Å². The minimum atomic E-state index is -0.550. The predicted molar refractivity (Wildman–Crippen MR) is 108 cm³/mol. The number of ether oxygens (including phenoxy) is 1. The topological polar surface area (TPSA) is 80.8 Å². The van der Waals surface area contributed by atoms with E-state index in [0.717, 1.165) is 19.3 Å². The van der Waals surface area contributed by atoms with E-state index in [1.165, 1.54) is 11.8 Å². The molecule has 2 aromatic carbocycles. The molecular formula is C24H21NO5. The molecule has 152 valence electrons. The number of Topliss-reactive ketones (excluding diaryl/α,β-unsaturated/α-hetero) is 1. The molecule has 3 aliphatic rings. The maximum atomic E-state index is 12.9. The van der Waals surface area contributed by atoms with Crippen LogP contribution < -0.4 is 9.64 Å². The van der Waals surface area contributed by atoms with E-state index in [2.05, 4.69) is 0 Å². The van der Waals surface area contributed by atoms with Crippen LogP contribution in [-0.4, -0.2) is 23.6 Å². The van der Waals surface area contributed by atoms with Crippen LogP contribution in [0.15, 0.2) is 48.5 Å². The molecule has 2 aliphatic carbocycles. The molecular weight excluding hydrogens is 382 g/mol. The number of fused-ring (bicyclic) bond motifs is 5. The fourth-order valence-corrected chi connectivity index (χ4v) is 5.33. The molecule has 1 heterocycles. The Balaban J connectivity index is 1.31. The number of imide groups is 1. The van der Waals surface area contributed by atoms with Crippen molar-refractivity contribution in [3.8, 4) is 5.75 Å². The number of benzene rings is 2. The van der Waals surface area contributed by atoms with Crippen LogP contribution in [0.1, 0.15) is 46.9 Å². The van der Waals surface area contributed by atoms with Gasteiger partial charge >= 0.3 is 5.97 Å². The lowest BCUT2D eigenvalue weighted by Gasteiger charge is -2.19. The molecule has 30 heavy (non-hydrogen) atoms. The zero-order chi connectivity index (χ0) is 21.0. The highest BCUT2D eigenvalue weighted by molar-refractivity contribution is 6.22. The number of rotatable bonds is 4. The summed E-state index contributed by atoms with van der Waals surface area (Å²) in [6.45, 7) is 1.47. The molecule has 4 unspecified atom stereocenters. The van der Waals surface area contributed by atoms with Crippen molar-refractivity contribution in [1.29, 1.82) is 0 Å². The summed E-state index contributed by atoms with van der Waals surface area (Å²) in [5.41, 5.74) is 1.35. The first-order valence-corrected chi connectivity index (χ1v) is 10.2.